The summed E-state index contributed by atoms with van der Waals surface area (Å²) in [6.45, 7) is 3.26. The first kappa shape index (κ1) is 14.3. The Morgan fingerprint density at radius 3 is 2.33 bits per heavy atom. The molecular formula is C13H16N2O2S. The van der Waals surface area contributed by atoms with Gasteiger partial charge in [-0.2, -0.15) is 0 Å². The Labute approximate surface area is 112 Å². The van der Waals surface area contributed by atoms with Crippen molar-refractivity contribution in [3.05, 3.63) is 29.8 Å². The lowest BCUT2D eigenvalue weighted by Crippen LogP contribution is -2.24. The molecule has 5 heteroatoms. The third-order valence-electron chi connectivity index (χ3n) is 2.51. The molecule has 1 rings (SSSR count). The number of nitrogens with two attached hydrogens (primary N) is 1. The van der Waals surface area contributed by atoms with Crippen molar-refractivity contribution in [1.82, 2.24) is 0 Å². The lowest BCUT2D eigenvalue weighted by molar-refractivity contribution is -0.119. The molecule has 0 fully saturated rings. The molecule has 0 aliphatic carbocycles. The molecule has 3 N–H and O–H groups in total. The minimum atomic E-state index is -0.269. The molecule has 0 saturated heterocycles. The van der Waals surface area contributed by atoms with Crippen LogP contribution in [0.25, 0.3) is 0 Å². The standard InChI is InChI=1S/C13H16N2O2S/c1-8(7-12(14)18)13(17)15-11-5-3-10(4-6-11)9(2)16/h3-6,8H,7H2,1-2H3,(H2,14,18)(H,15,17). The van der Waals surface area contributed by atoms with Crippen LogP contribution in [-0.2, 0) is 4.79 Å². The Bertz CT molecular complexity index is 468. The van der Waals surface area contributed by atoms with Gasteiger partial charge in [-0.05, 0) is 31.2 Å². The minimum absolute atomic E-state index is 0.00488. The van der Waals surface area contributed by atoms with Crippen LogP contribution < -0.4 is 11.1 Å². The van der Waals surface area contributed by atoms with Crippen LogP contribution in [0.15, 0.2) is 24.3 Å². The zero-order chi connectivity index (χ0) is 13.7. The summed E-state index contributed by atoms with van der Waals surface area (Å²) in [4.78, 5) is 23.2. The second kappa shape index (κ2) is 6.26. The lowest BCUT2D eigenvalue weighted by atomic mass is 10.1. The van der Waals surface area contributed by atoms with E-state index in [1.54, 1.807) is 31.2 Å². The number of amides is 1. The maximum absolute atomic E-state index is 11.8. The van der Waals surface area contributed by atoms with Crippen LogP contribution in [0.2, 0.25) is 0 Å². The Balaban J connectivity index is 2.64. The van der Waals surface area contributed by atoms with Crippen molar-refractivity contribution in [1.29, 1.82) is 0 Å². The number of carbonyl (C=O) groups excluding carboxylic acids is 2. The minimum Gasteiger partial charge on any atom is -0.393 e. The van der Waals surface area contributed by atoms with Crippen molar-refractivity contribution in [3.8, 4) is 0 Å². The highest BCUT2D eigenvalue weighted by Crippen LogP contribution is 2.12. The number of hydrogen-bond acceptors (Lipinski definition) is 3. The number of hydrogen-bond donors (Lipinski definition) is 2. The number of rotatable bonds is 5. The predicted octanol–water partition coefficient (Wildman–Crippen LogP) is 2.14. The number of anilines is 1. The summed E-state index contributed by atoms with van der Waals surface area (Å²) in [5.41, 5.74) is 6.66. The number of ketones is 1. The maximum atomic E-state index is 11.8. The van der Waals surface area contributed by atoms with E-state index in [0.29, 0.717) is 22.7 Å². The first-order valence-corrected chi connectivity index (χ1v) is 6.01. The van der Waals surface area contributed by atoms with Crippen LogP contribution in [0.1, 0.15) is 30.6 Å². The van der Waals surface area contributed by atoms with E-state index in [1.807, 2.05) is 0 Å². The van der Waals surface area contributed by atoms with Gasteiger partial charge in [0.2, 0.25) is 5.91 Å². The van der Waals surface area contributed by atoms with Gasteiger partial charge in [-0.15, -0.1) is 0 Å². The zero-order valence-corrected chi connectivity index (χ0v) is 11.2. The van der Waals surface area contributed by atoms with Gasteiger partial charge in [0.05, 0.1) is 4.99 Å². The average molecular weight is 264 g/mol. The molecule has 1 aromatic carbocycles. The van der Waals surface area contributed by atoms with Crippen LogP contribution in [-0.4, -0.2) is 16.7 Å². The van der Waals surface area contributed by atoms with Crippen LogP contribution in [0, 0.1) is 5.92 Å². The van der Waals surface area contributed by atoms with Gasteiger partial charge >= 0.3 is 0 Å². The smallest absolute Gasteiger partial charge is 0.227 e. The molecule has 0 aliphatic rings. The average Bonchev–Trinajstić information content (AvgIpc) is 2.28. The quantitative estimate of drug-likeness (QED) is 0.631. The van der Waals surface area contributed by atoms with Gasteiger partial charge in [0.15, 0.2) is 5.78 Å². The summed E-state index contributed by atoms with van der Waals surface area (Å²) < 4.78 is 0. The van der Waals surface area contributed by atoms with Gasteiger partial charge in [-0.3, -0.25) is 9.59 Å². The third kappa shape index (κ3) is 4.25. The molecule has 1 aromatic rings. The summed E-state index contributed by atoms with van der Waals surface area (Å²) in [5, 5.41) is 2.75. The van der Waals surface area contributed by atoms with Crippen LogP contribution in [0.4, 0.5) is 5.69 Å². The second-order valence-corrected chi connectivity index (χ2v) is 4.72. The molecule has 1 amide bonds. The van der Waals surface area contributed by atoms with E-state index < -0.39 is 0 Å². The fraction of sp³-hybridized carbons (Fsp3) is 0.308. The van der Waals surface area contributed by atoms with Crippen molar-refractivity contribution >= 4 is 34.6 Å². The van der Waals surface area contributed by atoms with Gasteiger partial charge in [-0.25, -0.2) is 0 Å². The molecule has 0 spiro atoms. The highest BCUT2D eigenvalue weighted by Gasteiger charge is 2.13. The van der Waals surface area contributed by atoms with Crippen molar-refractivity contribution in [2.45, 2.75) is 20.3 Å². The number of carbonyl (C=O) groups is 2. The lowest BCUT2D eigenvalue weighted by Gasteiger charge is -2.11. The second-order valence-electron chi connectivity index (χ2n) is 4.19. The highest BCUT2D eigenvalue weighted by atomic mass is 32.1. The van der Waals surface area contributed by atoms with E-state index in [4.69, 9.17) is 18.0 Å². The van der Waals surface area contributed by atoms with E-state index in [-0.39, 0.29) is 17.6 Å². The molecule has 96 valence electrons. The molecule has 0 aromatic heterocycles. The maximum Gasteiger partial charge on any atom is 0.227 e. The molecule has 18 heavy (non-hydrogen) atoms. The van der Waals surface area contributed by atoms with Crippen LogP contribution in [0.5, 0.6) is 0 Å². The number of benzene rings is 1. The SMILES string of the molecule is CC(=O)c1ccc(NC(=O)C(C)CC(N)=S)cc1. The Hall–Kier alpha value is -1.75. The van der Waals surface area contributed by atoms with Gasteiger partial charge < -0.3 is 11.1 Å². The largest absolute Gasteiger partial charge is 0.393 e. The Morgan fingerprint density at radius 1 is 1.33 bits per heavy atom. The van der Waals surface area contributed by atoms with Gasteiger partial charge in [-0.1, -0.05) is 19.1 Å². The molecular weight excluding hydrogens is 248 g/mol. The van der Waals surface area contributed by atoms with Crippen molar-refractivity contribution in [2.75, 3.05) is 5.32 Å². The van der Waals surface area contributed by atoms with Gasteiger partial charge in [0.1, 0.15) is 0 Å². The summed E-state index contributed by atoms with van der Waals surface area (Å²) in [7, 11) is 0. The van der Waals surface area contributed by atoms with Crippen LogP contribution >= 0.6 is 12.2 Å². The fourth-order valence-electron chi connectivity index (χ4n) is 1.45. The first-order chi connectivity index (χ1) is 8.40. The summed E-state index contributed by atoms with van der Waals surface area (Å²) in [5.74, 6) is -0.414. The summed E-state index contributed by atoms with van der Waals surface area (Å²) in [6, 6.07) is 6.75. The topological polar surface area (TPSA) is 72.2 Å². The van der Waals surface area contributed by atoms with E-state index in [0.717, 1.165) is 0 Å². The van der Waals surface area contributed by atoms with E-state index in [1.165, 1.54) is 6.92 Å². The predicted molar refractivity (Wildman–Crippen MR) is 75.6 cm³/mol. The van der Waals surface area contributed by atoms with E-state index >= 15 is 0 Å². The monoisotopic (exact) mass is 264 g/mol. The molecule has 1 atom stereocenters. The molecule has 4 nitrogen and oxygen atoms in total. The Morgan fingerprint density at radius 2 is 1.89 bits per heavy atom. The van der Waals surface area contributed by atoms with Gasteiger partial charge in [0, 0.05) is 23.6 Å². The normalized spacial score (nSPS) is 11.7. The van der Waals surface area contributed by atoms with E-state index in [2.05, 4.69) is 5.32 Å². The summed E-state index contributed by atoms with van der Waals surface area (Å²) >= 11 is 4.76. The summed E-state index contributed by atoms with van der Waals surface area (Å²) in [6.07, 6.45) is 0.382. The number of Topliss-reactive ketones (excluding diaryl/α,β-unsaturated/α-hetero) is 1. The van der Waals surface area contributed by atoms with Crippen molar-refractivity contribution in [2.24, 2.45) is 11.7 Å². The van der Waals surface area contributed by atoms with Crippen molar-refractivity contribution < 1.29 is 9.59 Å². The van der Waals surface area contributed by atoms with E-state index in [9.17, 15) is 9.59 Å². The highest BCUT2D eigenvalue weighted by molar-refractivity contribution is 7.80. The fourth-order valence-corrected chi connectivity index (χ4v) is 1.70. The van der Waals surface area contributed by atoms with Crippen LogP contribution in [0.3, 0.4) is 0 Å². The molecule has 0 heterocycles. The van der Waals surface area contributed by atoms with Crippen molar-refractivity contribution in [3.63, 3.8) is 0 Å². The molecule has 1 unspecified atom stereocenters. The molecule has 0 saturated carbocycles. The third-order valence-corrected chi connectivity index (χ3v) is 2.68. The number of nitrogens with one attached hydrogen (secondary N) is 1. The van der Waals surface area contributed by atoms with Gasteiger partial charge in [0.25, 0.3) is 0 Å². The first-order valence-electron chi connectivity index (χ1n) is 5.60. The number of thiocarbonyl (C=S) groups is 1. The zero-order valence-electron chi connectivity index (χ0n) is 10.4. The molecule has 0 bridgehead atoms. The molecule has 0 radical (unpaired) electrons. The Kier molecular flexibility index (Phi) is 4.97. The molecule has 0 aliphatic heterocycles.